The van der Waals surface area contributed by atoms with Gasteiger partial charge in [-0.15, -0.1) is 0 Å². The van der Waals surface area contributed by atoms with Crippen molar-refractivity contribution >= 4 is 0 Å². The maximum Gasteiger partial charge on any atom is 0.243 e. The van der Waals surface area contributed by atoms with Crippen LogP contribution in [0.25, 0.3) is 0 Å². The van der Waals surface area contributed by atoms with E-state index in [4.69, 9.17) is 19.7 Å². The Balaban J connectivity index is 1.76. The van der Waals surface area contributed by atoms with Crippen LogP contribution in [0.2, 0.25) is 0 Å². The second-order valence-corrected chi connectivity index (χ2v) is 5.27. The molecule has 0 saturated heterocycles. The Morgan fingerprint density at radius 2 is 2.10 bits per heavy atom. The van der Waals surface area contributed by atoms with Crippen molar-refractivity contribution in [1.29, 1.82) is 0 Å². The number of hydrogen-bond acceptors (Lipinski definition) is 6. The maximum absolute atomic E-state index is 6.10. The first-order valence-corrected chi connectivity index (χ1v) is 7.16. The van der Waals surface area contributed by atoms with Gasteiger partial charge in [0.15, 0.2) is 17.6 Å². The van der Waals surface area contributed by atoms with Crippen LogP contribution in [-0.2, 0) is 0 Å². The summed E-state index contributed by atoms with van der Waals surface area (Å²) >= 11 is 0. The molecule has 3 atom stereocenters. The quantitative estimate of drug-likeness (QED) is 0.931. The lowest BCUT2D eigenvalue weighted by Gasteiger charge is -2.24. The van der Waals surface area contributed by atoms with Gasteiger partial charge in [0.25, 0.3) is 0 Å². The second-order valence-electron chi connectivity index (χ2n) is 5.27. The van der Waals surface area contributed by atoms with Gasteiger partial charge in [-0.1, -0.05) is 37.6 Å². The van der Waals surface area contributed by atoms with Crippen LogP contribution in [0.3, 0.4) is 0 Å². The van der Waals surface area contributed by atoms with Gasteiger partial charge < -0.3 is 19.7 Å². The molecule has 1 aliphatic heterocycles. The molecule has 0 spiro atoms. The molecule has 2 aromatic rings. The molecule has 3 rings (SSSR count). The van der Waals surface area contributed by atoms with E-state index in [9.17, 15) is 0 Å². The molecule has 0 amide bonds. The van der Waals surface area contributed by atoms with Crippen LogP contribution in [0, 0.1) is 5.92 Å². The van der Waals surface area contributed by atoms with Gasteiger partial charge in [-0.2, -0.15) is 4.98 Å². The van der Waals surface area contributed by atoms with Gasteiger partial charge in [0.1, 0.15) is 6.61 Å². The zero-order valence-corrected chi connectivity index (χ0v) is 12.2. The highest BCUT2D eigenvalue weighted by molar-refractivity contribution is 5.40. The Hall–Kier alpha value is -2.08. The van der Waals surface area contributed by atoms with Gasteiger partial charge in [0.05, 0.1) is 6.04 Å². The highest BCUT2D eigenvalue weighted by Crippen LogP contribution is 2.35. The van der Waals surface area contributed by atoms with Crippen LogP contribution in [0.5, 0.6) is 11.5 Å². The predicted octanol–water partition coefficient (Wildman–Crippen LogP) is 2.63. The third kappa shape index (κ3) is 2.71. The first kappa shape index (κ1) is 13.9. The number of hydrogen-bond donors (Lipinski definition) is 1. The van der Waals surface area contributed by atoms with E-state index in [0.29, 0.717) is 24.1 Å². The summed E-state index contributed by atoms with van der Waals surface area (Å²) in [5.41, 5.74) is 6.10. The summed E-state index contributed by atoms with van der Waals surface area (Å²) < 4.78 is 16.8. The van der Waals surface area contributed by atoms with Crippen LogP contribution in [0.4, 0.5) is 0 Å². The van der Waals surface area contributed by atoms with Gasteiger partial charge in [-0.05, 0) is 18.1 Å². The summed E-state index contributed by atoms with van der Waals surface area (Å²) in [7, 11) is 0. The van der Waals surface area contributed by atoms with Crippen molar-refractivity contribution in [3.05, 3.63) is 36.0 Å². The van der Waals surface area contributed by atoms with Crippen molar-refractivity contribution in [3.8, 4) is 11.5 Å². The van der Waals surface area contributed by atoms with Gasteiger partial charge in [0, 0.05) is 0 Å². The minimum absolute atomic E-state index is 0.256. The van der Waals surface area contributed by atoms with Crippen molar-refractivity contribution < 1.29 is 14.0 Å². The first-order chi connectivity index (χ1) is 10.2. The van der Waals surface area contributed by atoms with Gasteiger partial charge >= 0.3 is 0 Å². The number of benzene rings is 1. The van der Waals surface area contributed by atoms with E-state index in [1.807, 2.05) is 24.3 Å². The molecule has 0 bridgehead atoms. The average Bonchev–Trinajstić information content (AvgIpc) is 3.02. The van der Waals surface area contributed by atoms with Crippen LogP contribution >= 0.6 is 0 Å². The largest absolute Gasteiger partial charge is 0.485 e. The molecule has 6 heteroatoms. The topological polar surface area (TPSA) is 83.4 Å². The summed E-state index contributed by atoms with van der Waals surface area (Å²) in [4.78, 5) is 4.37. The van der Waals surface area contributed by atoms with Crippen molar-refractivity contribution in [2.75, 3.05) is 6.61 Å². The van der Waals surface area contributed by atoms with E-state index >= 15 is 0 Å². The standard InChI is InChI=1S/C15H19N3O3/c1-3-9(2)13(16)15-17-14(18-21-15)12-8-19-10-6-4-5-7-11(10)20-12/h4-7,9,12-13H,3,8,16H2,1-2H3. The molecule has 3 unspecified atom stereocenters. The third-order valence-electron chi connectivity index (χ3n) is 3.80. The molecular weight excluding hydrogens is 270 g/mol. The molecule has 6 nitrogen and oxygen atoms in total. The van der Waals surface area contributed by atoms with Crippen molar-refractivity contribution in [3.63, 3.8) is 0 Å². The van der Waals surface area contributed by atoms with Gasteiger partial charge in [-0.25, -0.2) is 0 Å². The van der Waals surface area contributed by atoms with Crippen LogP contribution in [0.1, 0.15) is 44.1 Å². The number of aromatic nitrogens is 2. The molecule has 2 heterocycles. The monoisotopic (exact) mass is 289 g/mol. The fraction of sp³-hybridized carbons (Fsp3) is 0.467. The summed E-state index contributed by atoms with van der Waals surface area (Å²) in [5, 5.41) is 3.98. The van der Waals surface area contributed by atoms with Gasteiger partial charge in [-0.3, -0.25) is 0 Å². The highest BCUT2D eigenvalue weighted by atomic mass is 16.6. The van der Waals surface area contributed by atoms with Crippen molar-refractivity contribution in [1.82, 2.24) is 10.1 Å². The van der Waals surface area contributed by atoms with Crippen molar-refractivity contribution in [2.24, 2.45) is 11.7 Å². The molecule has 0 fully saturated rings. The molecule has 1 aromatic carbocycles. The maximum atomic E-state index is 6.10. The van der Waals surface area contributed by atoms with Gasteiger partial charge in [0.2, 0.25) is 11.7 Å². The smallest absolute Gasteiger partial charge is 0.243 e. The first-order valence-electron chi connectivity index (χ1n) is 7.16. The highest BCUT2D eigenvalue weighted by Gasteiger charge is 2.28. The Labute approximate surface area is 123 Å². The lowest BCUT2D eigenvalue weighted by Crippen LogP contribution is -2.23. The Kier molecular flexibility index (Phi) is 3.79. The van der Waals surface area contributed by atoms with Crippen molar-refractivity contribution in [2.45, 2.75) is 32.4 Å². The van der Waals surface area contributed by atoms with E-state index in [0.717, 1.165) is 12.2 Å². The molecule has 2 N–H and O–H groups in total. The molecule has 1 aromatic heterocycles. The molecule has 0 radical (unpaired) electrons. The zero-order valence-electron chi connectivity index (χ0n) is 12.2. The fourth-order valence-electron chi connectivity index (χ4n) is 2.16. The van der Waals surface area contributed by atoms with E-state index in [2.05, 4.69) is 24.0 Å². The lowest BCUT2D eigenvalue weighted by molar-refractivity contribution is 0.0832. The summed E-state index contributed by atoms with van der Waals surface area (Å²) in [6.45, 7) is 4.50. The van der Waals surface area contributed by atoms with Crippen LogP contribution in [0.15, 0.2) is 28.8 Å². The van der Waals surface area contributed by atoms with Crippen LogP contribution < -0.4 is 15.2 Å². The minimum atomic E-state index is -0.374. The van der Waals surface area contributed by atoms with E-state index in [1.54, 1.807) is 0 Å². The Bertz CT molecular complexity index is 614. The normalized spacial score (nSPS) is 20.0. The van der Waals surface area contributed by atoms with Crippen LogP contribution in [-0.4, -0.2) is 16.7 Å². The zero-order chi connectivity index (χ0) is 14.8. The Morgan fingerprint density at radius 3 is 2.86 bits per heavy atom. The summed E-state index contributed by atoms with van der Waals surface area (Å²) in [6.07, 6.45) is 0.580. The summed E-state index contributed by atoms with van der Waals surface area (Å²) in [6, 6.07) is 7.26. The second kappa shape index (κ2) is 5.73. The number of nitrogens with zero attached hydrogens (tertiary/aromatic N) is 2. The molecule has 21 heavy (non-hydrogen) atoms. The molecule has 0 aliphatic carbocycles. The third-order valence-corrected chi connectivity index (χ3v) is 3.80. The summed E-state index contributed by atoms with van der Waals surface area (Å²) in [5.74, 6) is 2.61. The predicted molar refractivity (Wildman–Crippen MR) is 76.0 cm³/mol. The number of ether oxygens (including phenoxy) is 2. The molecule has 112 valence electrons. The number of fused-ring (bicyclic) bond motifs is 1. The Morgan fingerprint density at radius 1 is 1.33 bits per heavy atom. The van der Waals surface area contributed by atoms with E-state index in [1.165, 1.54) is 0 Å². The number of para-hydroxylation sites is 2. The number of nitrogens with two attached hydrogens (primary N) is 1. The molecular formula is C15H19N3O3. The fourth-order valence-corrected chi connectivity index (χ4v) is 2.16. The number of rotatable bonds is 4. The molecule has 1 aliphatic rings. The molecule has 0 saturated carbocycles. The average molecular weight is 289 g/mol. The van der Waals surface area contributed by atoms with E-state index < -0.39 is 0 Å². The lowest BCUT2D eigenvalue weighted by atomic mass is 10.0. The minimum Gasteiger partial charge on any atom is -0.485 e. The van der Waals surface area contributed by atoms with E-state index in [-0.39, 0.29) is 18.1 Å². The SMILES string of the molecule is CCC(C)C(N)c1nc(C2COc3ccccc3O2)no1.